The van der Waals surface area contributed by atoms with Crippen molar-refractivity contribution in [3.63, 3.8) is 0 Å². The van der Waals surface area contributed by atoms with Crippen molar-refractivity contribution in [2.45, 2.75) is 13.8 Å². The Labute approximate surface area is 49.8 Å². The molecule has 0 aliphatic heterocycles. The van der Waals surface area contributed by atoms with Gasteiger partial charge in [-0.2, -0.15) is 0 Å². The molecule has 0 amide bonds. The average Bonchev–Trinajstić information content (AvgIpc) is 1.81. The molecular formula is C6H11NO. The molecule has 2 nitrogen and oxygen atoms in total. The van der Waals surface area contributed by atoms with Crippen LogP contribution in [0.4, 0.5) is 0 Å². The Bertz CT molecular complexity index is 86.5. The fourth-order valence-corrected chi connectivity index (χ4v) is 0.239. The van der Waals surface area contributed by atoms with Gasteiger partial charge in [0.05, 0.1) is 6.21 Å². The van der Waals surface area contributed by atoms with Crippen LogP contribution in [0.25, 0.3) is 0 Å². The lowest BCUT2D eigenvalue weighted by Crippen LogP contribution is -1.77. The van der Waals surface area contributed by atoms with E-state index in [1.807, 2.05) is 26.0 Å². The van der Waals surface area contributed by atoms with Gasteiger partial charge in [0.15, 0.2) is 0 Å². The van der Waals surface area contributed by atoms with Crippen LogP contribution in [0.5, 0.6) is 0 Å². The van der Waals surface area contributed by atoms with E-state index in [4.69, 9.17) is 0 Å². The molecule has 0 N–H and O–H groups in total. The van der Waals surface area contributed by atoms with Gasteiger partial charge in [0.25, 0.3) is 0 Å². The van der Waals surface area contributed by atoms with E-state index in [1.165, 1.54) is 0 Å². The van der Waals surface area contributed by atoms with E-state index in [0.717, 1.165) is 0 Å². The molecule has 0 aliphatic rings. The van der Waals surface area contributed by atoms with Crippen molar-refractivity contribution in [1.29, 1.82) is 0 Å². The van der Waals surface area contributed by atoms with E-state index in [2.05, 4.69) is 9.99 Å². The van der Waals surface area contributed by atoms with E-state index in [9.17, 15) is 0 Å². The summed E-state index contributed by atoms with van der Waals surface area (Å²) in [6.45, 7) is 4.46. The number of hydrogen-bond donors (Lipinski definition) is 0. The molecule has 0 unspecified atom stereocenters. The second kappa shape index (κ2) is 6.21. The topological polar surface area (TPSA) is 21.6 Å². The monoisotopic (exact) mass is 113 g/mol. The highest BCUT2D eigenvalue weighted by molar-refractivity contribution is 5.70. The lowest BCUT2D eigenvalue weighted by atomic mass is 10.6. The summed E-state index contributed by atoms with van der Waals surface area (Å²) in [5.41, 5.74) is 0. The number of oxime groups is 1. The van der Waals surface area contributed by atoms with E-state index >= 15 is 0 Å². The maximum atomic E-state index is 4.65. The first kappa shape index (κ1) is 7.21. The van der Waals surface area contributed by atoms with Crippen molar-refractivity contribution in [3.05, 3.63) is 12.2 Å². The van der Waals surface area contributed by atoms with E-state index in [1.54, 1.807) is 6.21 Å². The molecule has 0 saturated heterocycles. The smallest absolute Gasteiger partial charge is 0.114 e. The molecule has 0 aromatic rings. The molecule has 0 heterocycles. The Morgan fingerprint density at radius 2 is 2.38 bits per heavy atom. The minimum atomic E-state index is 0.633. The van der Waals surface area contributed by atoms with E-state index < -0.39 is 0 Å². The van der Waals surface area contributed by atoms with Crippen molar-refractivity contribution >= 4 is 6.21 Å². The fourth-order valence-electron chi connectivity index (χ4n) is 0.239. The number of rotatable bonds is 3. The minimum Gasteiger partial charge on any atom is -0.396 e. The van der Waals surface area contributed by atoms with Crippen LogP contribution in [-0.2, 0) is 4.84 Å². The summed E-state index contributed by atoms with van der Waals surface area (Å²) in [7, 11) is 0. The summed E-state index contributed by atoms with van der Waals surface area (Å²) in [5.74, 6) is 0. The number of hydrogen-bond acceptors (Lipinski definition) is 2. The number of allylic oxidation sites excluding steroid dienone is 2. The van der Waals surface area contributed by atoms with Crippen LogP contribution in [-0.4, -0.2) is 12.8 Å². The van der Waals surface area contributed by atoms with Gasteiger partial charge in [0.2, 0.25) is 0 Å². The second-order valence-electron chi connectivity index (χ2n) is 1.20. The maximum Gasteiger partial charge on any atom is 0.114 e. The van der Waals surface area contributed by atoms with Crippen LogP contribution >= 0.6 is 0 Å². The van der Waals surface area contributed by atoms with Gasteiger partial charge < -0.3 is 4.84 Å². The van der Waals surface area contributed by atoms with Gasteiger partial charge in [0.1, 0.15) is 6.61 Å². The van der Waals surface area contributed by atoms with Gasteiger partial charge in [-0.05, 0) is 19.9 Å². The van der Waals surface area contributed by atoms with Gasteiger partial charge >= 0.3 is 0 Å². The summed E-state index contributed by atoms with van der Waals surface area (Å²) in [4.78, 5) is 4.65. The molecule has 0 aromatic heterocycles. The zero-order valence-corrected chi connectivity index (χ0v) is 5.29. The SMILES string of the molecule is C/C=C\C=N/OCC. The summed E-state index contributed by atoms with van der Waals surface area (Å²) in [5, 5.41) is 3.57. The molecule has 0 aliphatic carbocycles. The van der Waals surface area contributed by atoms with Gasteiger partial charge in [0, 0.05) is 0 Å². The normalized spacial score (nSPS) is 11.2. The highest BCUT2D eigenvalue weighted by atomic mass is 16.6. The first-order valence-electron chi connectivity index (χ1n) is 2.68. The molecule has 0 atom stereocenters. The van der Waals surface area contributed by atoms with Crippen LogP contribution < -0.4 is 0 Å². The standard InChI is InChI=1S/C6H11NO/c1-3-5-6-7-8-4-2/h3,5-6H,4H2,1-2H3/b5-3-,7-6-. The molecule has 2 heteroatoms. The third kappa shape index (κ3) is 5.21. The summed E-state index contributed by atoms with van der Waals surface area (Å²) < 4.78 is 0. The summed E-state index contributed by atoms with van der Waals surface area (Å²) >= 11 is 0. The van der Waals surface area contributed by atoms with Crippen LogP contribution in [0, 0.1) is 0 Å². The second-order valence-corrected chi connectivity index (χ2v) is 1.20. The van der Waals surface area contributed by atoms with Crippen molar-refractivity contribution < 1.29 is 4.84 Å². The minimum absolute atomic E-state index is 0.633. The molecule has 46 valence electrons. The van der Waals surface area contributed by atoms with Crippen LogP contribution in [0.1, 0.15) is 13.8 Å². The van der Waals surface area contributed by atoms with Crippen molar-refractivity contribution in [2.24, 2.45) is 5.16 Å². The third-order valence-corrected chi connectivity index (χ3v) is 0.543. The molecule has 0 rings (SSSR count). The Hall–Kier alpha value is -0.790. The van der Waals surface area contributed by atoms with E-state index in [0.29, 0.717) is 6.61 Å². The maximum absolute atomic E-state index is 4.65. The van der Waals surface area contributed by atoms with Crippen LogP contribution in [0.2, 0.25) is 0 Å². The quantitative estimate of drug-likeness (QED) is 0.402. The number of nitrogens with zero attached hydrogens (tertiary/aromatic N) is 1. The Balaban J connectivity index is 3.07. The predicted octanol–water partition coefficient (Wildman–Crippen LogP) is 1.58. The first-order valence-corrected chi connectivity index (χ1v) is 2.68. The Kier molecular flexibility index (Phi) is 5.60. The molecule has 0 fully saturated rings. The molecule has 0 saturated carbocycles. The first-order chi connectivity index (χ1) is 3.91. The molecule has 0 spiro atoms. The molecule has 8 heavy (non-hydrogen) atoms. The van der Waals surface area contributed by atoms with Crippen molar-refractivity contribution in [2.75, 3.05) is 6.61 Å². The van der Waals surface area contributed by atoms with Crippen LogP contribution in [0.3, 0.4) is 0 Å². The van der Waals surface area contributed by atoms with Gasteiger partial charge in [-0.15, -0.1) is 0 Å². The van der Waals surface area contributed by atoms with Gasteiger partial charge in [-0.3, -0.25) is 0 Å². The summed E-state index contributed by atoms with van der Waals surface area (Å²) in [6, 6.07) is 0. The zero-order chi connectivity index (χ0) is 6.24. The van der Waals surface area contributed by atoms with Gasteiger partial charge in [-0.25, -0.2) is 0 Å². The highest BCUT2D eigenvalue weighted by Gasteiger charge is 1.64. The molecule has 0 aromatic carbocycles. The Morgan fingerprint density at radius 1 is 1.62 bits per heavy atom. The zero-order valence-electron chi connectivity index (χ0n) is 5.29. The van der Waals surface area contributed by atoms with E-state index in [-0.39, 0.29) is 0 Å². The third-order valence-electron chi connectivity index (χ3n) is 0.543. The van der Waals surface area contributed by atoms with Crippen molar-refractivity contribution in [1.82, 2.24) is 0 Å². The van der Waals surface area contributed by atoms with Gasteiger partial charge in [-0.1, -0.05) is 11.2 Å². The lowest BCUT2D eigenvalue weighted by Gasteiger charge is -1.85. The van der Waals surface area contributed by atoms with Crippen molar-refractivity contribution in [3.8, 4) is 0 Å². The highest BCUT2D eigenvalue weighted by Crippen LogP contribution is 1.71. The lowest BCUT2D eigenvalue weighted by molar-refractivity contribution is 0.160. The van der Waals surface area contributed by atoms with Crippen LogP contribution in [0.15, 0.2) is 17.3 Å². The molecule has 0 bridgehead atoms. The largest absolute Gasteiger partial charge is 0.396 e. The summed E-state index contributed by atoms with van der Waals surface area (Å²) in [6.07, 6.45) is 5.32. The average molecular weight is 113 g/mol. The molecule has 0 radical (unpaired) electrons. The predicted molar refractivity (Wildman–Crippen MR) is 34.9 cm³/mol. The molecular weight excluding hydrogens is 102 g/mol. The fraction of sp³-hybridized carbons (Fsp3) is 0.500. The Morgan fingerprint density at radius 3 is 2.88 bits per heavy atom.